The molecule has 2 aromatic carbocycles. The van der Waals surface area contributed by atoms with Crippen LogP contribution in [-0.4, -0.2) is 28.7 Å². The summed E-state index contributed by atoms with van der Waals surface area (Å²) in [5.41, 5.74) is 2.02. The highest BCUT2D eigenvalue weighted by molar-refractivity contribution is 6.29. The summed E-state index contributed by atoms with van der Waals surface area (Å²) in [6.45, 7) is 2.95. The van der Waals surface area contributed by atoms with Crippen molar-refractivity contribution >= 4 is 45.9 Å². The van der Waals surface area contributed by atoms with Gasteiger partial charge in [-0.15, -0.1) is 0 Å². The number of hydrogen-bond donors (Lipinski definition) is 1. The van der Waals surface area contributed by atoms with Crippen LogP contribution in [0.3, 0.4) is 0 Å². The van der Waals surface area contributed by atoms with Crippen LogP contribution in [0.25, 0.3) is 10.9 Å². The van der Waals surface area contributed by atoms with Crippen LogP contribution in [0.1, 0.15) is 34.6 Å². The third-order valence-corrected chi connectivity index (χ3v) is 4.31. The Hall–Kier alpha value is -3.25. The van der Waals surface area contributed by atoms with E-state index in [1.165, 1.54) is 13.8 Å². The summed E-state index contributed by atoms with van der Waals surface area (Å²) in [6.07, 6.45) is -1.00. The third kappa shape index (κ3) is 4.53. The number of pyridine rings is 1. The average Bonchev–Trinajstić information content (AvgIpc) is 2.67. The Morgan fingerprint density at radius 2 is 1.68 bits per heavy atom. The maximum absolute atomic E-state index is 12.4. The van der Waals surface area contributed by atoms with Crippen molar-refractivity contribution in [1.29, 1.82) is 0 Å². The van der Waals surface area contributed by atoms with Gasteiger partial charge in [-0.25, -0.2) is 9.78 Å². The minimum absolute atomic E-state index is 0.0620. The molecule has 0 aliphatic carbocycles. The number of esters is 1. The lowest BCUT2D eigenvalue weighted by Crippen LogP contribution is -2.30. The zero-order valence-electron chi connectivity index (χ0n) is 15.2. The van der Waals surface area contributed by atoms with Crippen LogP contribution in [0.15, 0.2) is 54.6 Å². The summed E-state index contributed by atoms with van der Waals surface area (Å²) in [5, 5.41) is 3.75. The number of benzene rings is 2. The number of ketones is 1. The Labute approximate surface area is 166 Å². The number of nitrogens with zero attached hydrogens (tertiary/aromatic N) is 1. The number of ether oxygens (including phenoxy) is 1. The molecule has 7 heteroatoms. The fraction of sp³-hybridized carbons (Fsp3) is 0.143. The molecule has 0 saturated heterocycles. The van der Waals surface area contributed by atoms with Crippen molar-refractivity contribution in [3.63, 3.8) is 0 Å². The van der Waals surface area contributed by atoms with Gasteiger partial charge in [-0.05, 0) is 68.4 Å². The first-order valence-corrected chi connectivity index (χ1v) is 8.90. The van der Waals surface area contributed by atoms with Crippen LogP contribution in [0.2, 0.25) is 5.15 Å². The number of anilines is 1. The zero-order valence-corrected chi connectivity index (χ0v) is 16.0. The number of fused-ring (bicyclic) bond motifs is 1. The lowest BCUT2D eigenvalue weighted by molar-refractivity contribution is -0.123. The molecule has 1 atom stereocenters. The number of carbonyl (C=O) groups is 3. The second kappa shape index (κ2) is 8.19. The Bertz CT molecular complexity index is 1060. The first-order chi connectivity index (χ1) is 13.3. The summed E-state index contributed by atoms with van der Waals surface area (Å²) in [6, 6.07) is 14.7. The van der Waals surface area contributed by atoms with Crippen molar-refractivity contribution in [3.05, 3.63) is 70.9 Å². The van der Waals surface area contributed by atoms with Gasteiger partial charge in [-0.2, -0.15) is 0 Å². The number of carbonyl (C=O) groups excluding carboxylic acids is 3. The molecule has 0 aliphatic heterocycles. The second-order valence-electron chi connectivity index (χ2n) is 6.21. The van der Waals surface area contributed by atoms with Crippen molar-refractivity contribution in [2.45, 2.75) is 20.0 Å². The van der Waals surface area contributed by atoms with E-state index in [2.05, 4.69) is 10.3 Å². The molecule has 3 rings (SSSR count). The third-order valence-electron chi connectivity index (χ3n) is 4.10. The number of Topliss-reactive ketones (excluding diaryl/α,β-unsaturated/α-hetero) is 1. The number of halogens is 1. The predicted molar refractivity (Wildman–Crippen MR) is 107 cm³/mol. The molecule has 28 heavy (non-hydrogen) atoms. The maximum Gasteiger partial charge on any atom is 0.338 e. The van der Waals surface area contributed by atoms with E-state index in [9.17, 15) is 14.4 Å². The van der Waals surface area contributed by atoms with E-state index in [1.54, 1.807) is 54.6 Å². The Balaban J connectivity index is 1.65. The van der Waals surface area contributed by atoms with Gasteiger partial charge in [-0.1, -0.05) is 11.6 Å². The number of hydrogen-bond acceptors (Lipinski definition) is 5. The molecule has 0 fully saturated rings. The van der Waals surface area contributed by atoms with Gasteiger partial charge in [0.2, 0.25) is 0 Å². The molecule has 3 aromatic rings. The molecule has 0 aliphatic rings. The van der Waals surface area contributed by atoms with Gasteiger partial charge in [0.15, 0.2) is 11.9 Å². The van der Waals surface area contributed by atoms with Gasteiger partial charge in [0, 0.05) is 16.6 Å². The fourth-order valence-corrected chi connectivity index (χ4v) is 2.70. The molecular formula is C21H17ClN2O4. The summed E-state index contributed by atoms with van der Waals surface area (Å²) in [7, 11) is 0. The van der Waals surface area contributed by atoms with Crippen molar-refractivity contribution in [2.75, 3.05) is 5.32 Å². The molecule has 0 spiro atoms. The quantitative estimate of drug-likeness (QED) is 0.395. The molecule has 1 heterocycles. The van der Waals surface area contributed by atoms with Gasteiger partial charge >= 0.3 is 5.97 Å². The highest BCUT2D eigenvalue weighted by atomic mass is 35.5. The molecule has 1 N–H and O–H groups in total. The topological polar surface area (TPSA) is 85.4 Å². The Kier molecular flexibility index (Phi) is 5.70. The van der Waals surface area contributed by atoms with E-state index < -0.39 is 18.0 Å². The monoisotopic (exact) mass is 396 g/mol. The molecule has 1 amide bonds. The lowest BCUT2D eigenvalue weighted by atomic mass is 10.1. The SMILES string of the molecule is CC(=O)c1ccc(NC(=O)C(C)OC(=O)c2ccc3nc(Cl)ccc3c2)cc1. The fourth-order valence-electron chi connectivity index (χ4n) is 2.54. The lowest BCUT2D eigenvalue weighted by Gasteiger charge is -2.14. The molecule has 0 saturated carbocycles. The van der Waals surface area contributed by atoms with Gasteiger partial charge in [-0.3, -0.25) is 9.59 Å². The van der Waals surface area contributed by atoms with E-state index >= 15 is 0 Å². The Morgan fingerprint density at radius 1 is 1.00 bits per heavy atom. The van der Waals surface area contributed by atoms with E-state index in [-0.39, 0.29) is 5.78 Å². The smallest absolute Gasteiger partial charge is 0.338 e. The maximum atomic E-state index is 12.4. The second-order valence-corrected chi connectivity index (χ2v) is 6.60. The van der Waals surface area contributed by atoms with Crippen LogP contribution in [-0.2, 0) is 9.53 Å². The largest absolute Gasteiger partial charge is 0.449 e. The average molecular weight is 397 g/mol. The van der Waals surface area contributed by atoms with E-state index in [4.69, 9.17) is 16.3 Å². The van der Waals surface area contributed by atoms with Gasteiger partial charge < -0.3 is 10.1 Å². The van der Waals surface area contributed by atoms with Crippen LogP contribution < -0.4 is 5.32 Å². The molecule has 0 bridgehead atoms. The van der Waals surface area contributed by atoms with Gasteiger partial charge in [0.1, 0.15) is 5.15 Å². The minimum Gasteiger partial charge on any atom is -0.449 e. The van der Waals surface area contributed by atoms with Crippen molar-refractivity contribution in [2.24, 2.45) is 0 Å². The Morgan fingerprint density at radius 3 is 2.36 bits per heavy atom. The molecule has 1 unspecified atom stereocenters. The van der Waals surface area contributed by atoms with E-state index in [0.29, 0.717) is 27.5 Å². The van der Waals surface area contributed by atoms with Crippen LogP contribution in [0.5, 0.6) is 0 Å². The van der Waals surface area contributed by atoms with Crippen LogP contribution in [0, 0.1) is 0 Å². The van der Waals surface area contributed by atoms with Gasteiger partial charge in [0.25, 0.3) is 5.91 Å². The molecule has 0 radical (unpaired) electrons. The minimum atomic E-state index is -1.00. The number of aromatic nitrogens is 1. The molecule has 1 aromatic heterocycles. The van der Waals surface area contributed by atoms with Gasteiger partial charge in [0.05, 0.1) is 11.1 Å². The van der Waals surface area contributed by atoms with Crippen molar-refractivity contribution in [3.8, 4) is 0 Å². The first kappa shape index (κ1) is 19.5. The molecular weight excluding hydrogens is 380 g/mol. The highest BCUT2D eigenvalue weighted by Crippen LogP contribution is 2.18. The molecule has 142 valence electrons. The van der Waals surface area contributed by atoms with E-state index in [1.807, 2.05) is 0 Å². The predicted octanol–water partition coefficient (Wildman–Crippen LogP) is 4.27. The summed E-state index contributed by atoms with van der Waals surface area (Å²) < 4.78 is 5.25. The summed E-state index contributed by atoms with van der Waals surface area (Å²) in [4.78, 5) is 40.1. The van der Waals surface area contributed by atoms with Crippen LogP contribution >= 0.6 is 11.6 Å². The molecule has 6 nitrogen and oxygen atoms in total. The highest BCUT2D eigenvalue weighted by Gasteiger charge is 2.19. The summed E-state index contributed by atoms with van der Waals surface area (Å²) in [5.74, 6) is -1.15. The van der Waals surface area contributed by atoms with Crippen molar-refractivity contribution < 1.29 is 19.1 Å². The number of amides is 1. The zero-order chi connectivity index (χ0) is 20.3. The number of nitrogens with one attached hydrogen (secondary N) is 1. The summed E-state index contributed by atoms with van der Waals surface area (Å²) >= 11 is 5.85. The van der Waals surface area contributed by atoms with E-state index in [0.717, 1.165) is 5.39 Å². The normalized spacial score (nSPS) is 11.7. The number of rotatable bonds is 5. The van der Waals surface area contributed by atoms with Crippen molar-refractivity contribution in [1.82, 2.24) is 4.98 Å². The van der Waals surface area contributed by atoms with Crippen LogP contribution in [0.4, 0.5) is 5.69 Å². The standard InChI is InChI=1S/C21H17ClN2O4/c1-12(25)14-3-7-17(8-4-14)23-20(26)13(2)28-21(27)16-5-9-18-15(11-16)6-10-19(22)24-18/h3-11,13H,1-2H3,(H,23,26). The first-order valence-electron chi connectivity index (χ1n) is 8.52.